The van der Waals surface area contributed by atoms with Crippen molar-refractivity contribution in [2.75, 3.05) is 5.32 Å². The zero-order chi connectivity index (χ0) is 18.9. The molecule has 1 N–H and O–H groups in total. The Balaban J connectivity index is 2.18. The number of benzene rings is 2. The first kappa shape index (κ1) is 18.3. The summed E-state index contributed by atoms with van der Waals surface area (Å²) in [5.41, 5.74) is 2.56. The first-order valence-electron chi connectivity index (χ1n) is 8.56. The molecule has 0 radical (unpaired) electrons. The molecule has 3 rings (SSSR count). The number of nitrogens with one attached hydrogen (secondary N) is 1. The molecule has 3 aromatic rings. The second-order valence-electron chi connectivity index (χ2n) is 7.43. The van der Waals surface area contributed by atoms with Crippen molar-refractivity contribution >= 4 is 15.8 Å². The Morgan fingerprint density at radius 1 is 0.885 bits per heavy atom. The SMILES string of the molecule is Cc1ccc(S(=O)(=O)n2ccc(-c3ccccc3)c2NC(C)(C)C)cc1. The molecule has 0 fully saturated rings. The summed E-state index contributed by atoms with van der Waals surface area (Å²) in [5.74, 6) is 0.573. The lowest BCUT2D eigenvalue weighted by atomic mass is 10.1. The predicted molar refractivity (Wildman–Crippen MR) is 107 cm³/mol. The van der Waals surface area contributed by atoms with Gasteiger partial charge in [-0.25, -0.2) is 12.4 Å². The van der Waals surface area contributed by atoms with E-state index in [-0.39, 0.29) is 10.4 Å². The highest BCUT2D eigenvalue weighted by atomic mass is 32.2. The summed E-state index contributed by atoms with van der Waals surface area (Å²) in [5, 5.41) is 3.37. The second kappa shape index (κ2) is 6.65. The van der Waals surface area contributed by atoms with Crippen molar-refractivity contribution < 1.29 is 8.42 Å². The van der Waals surface area contributed by atoms with Gasteiger partial charge in [-0.2, -0.15) is 0 Å². The molecule has 5 heteroatoms. The van der Waals surface area contributed by atoms with E-state index in [1.54, 1.807) is 18.3 Å². The maximum absolute atomic E-state index is 13.2. The van der Waals surface area contributed by atoms with Crippen LogP contribution in [0.5, 0.6) is 0 Å². The highest BCUT2D eigenvalue weighted by molar-refractivity contribution is 7.90. The fraction of sp³-hybridized carbons (Fsp3) is 0.238. The van der Waals surface area contributed by atoms with E-state index in [1.807, 2.05) is 76.2 Å². The summed E-state index contributed by atoms with van der Waals surface area (Å²) < 4.78 is 27.8. The van der Waals surface area contributed by atoms with E-state index in [9.17, 15) is 8.42 Å². The molecule has 0 bridgehead atoms. The van der Waals surface area contributed by atoms with Gasteiger partial charge >= 0.3 is 0 Å². The second-order valence-corrected chi connectivity index (χ2v) is 9.25. The van der Waals surface area contributed by atoms with Gasteiger partial charge in [-0.1, -0.05) is 48.0 Å². The Bertz CT molecular complexity index is 996. The number of rotatable bonds is 4. The molecule has 0 saturated heterocycles. The molecule has 0 aliphatic rings. The minimum Gasteiger partial charge on any atom is -0.366 e. The molecule has 4 nitrogen and oxygen atoms in total. The molecule has 26 heavy (non-hydrogen) atoms. The molecule has 0 aliphatic heterocycles. The van der Waals surface area contributed by atoms with Crippen molar-refractivity contribution in [3.63, 3.8) is 0 Å². The summed E-state index contributed by atoms with van der Waals surface area (Å²) in [6.07, 6.45) is 1.62. The Hall–Kier alpha value is -2.53. The van der Waals surface area contributed by atoms with Crippen molar-refractivity contribution in [2.45, 2.75) is 38.1 Å². The van der Waals surface area contributed by atoms with Crippen LogP contribution in [0.25, 0.3) is 11.1 Å². The van der Waals surface area contributed by atoms with Crippen LogP contribution in [0.15, 0.2) is 71.8 Å². The van der Waals surface area contributed by atoms with Gasteiger partial charge in [0.1, 0.15) is 5.82 Å². The third-order valence-corrected chi connectivity index (χ3v) is 5.70. The van der Waals surface area contributed by atoms with Crippen LogP contribution < -0.4 is 5.32 Å². The van der Waals surface area contributed by atoms with E-state index >= 15 is 0 Å². The van der Waals surface area contributed by atoms with Gasteiger partial charge < -0.3 is 5.32 Å². The molecule has 0 aliphatic carbocycles. The van der Waals surface area contributed by atoms with E-state index in [0.717, 1.165) is 16.7 Å². The monoisotopic (exact) mass is 368 g/mol. The van der Waals surface area contributed by atoms with Gasteiger partial charge in [0.05, 0.1) is 4.90 Å². The van der Waals surface area contributed by atoms with Crippen LogP contribution >= 0.6 is 0 Å². The number of aryl methyl sites for hydroxylation is 1. The predicted octanol–water partition coefficient (Wildman–Crippen LogP) is 4.91. The highest BCUT2D eigenvalue weighted by Crippen LogP contribution is 2.33. The molecule has 136 valence electrons. The minimum absolute atomic E-state index is 0.273. The Kier molecular flexibility index (Phi) is 4.67. The van der Waals surface area contributed by atoms with Crippen LogP contribution in [-0.2, 0) is 10.0 Å². The normalized spacial score (nSPS) is 12.2. The quantitative estimate of drug-likeness (QED) is 0.712. The van der Waals surface area contributed by atoms with Gasteiger partial charge in [0.25, 0.3) is 10.0 Å². The Morgan fingerprint density at radius 3 is 2.08 bits per heavy atom. The molecule has 0 spiro atoms. The molecular weight excluding hydrogens is 344 g/mol. The van der Waals surface area contributed by atoms with Crippen LogP contribution in [0.4, 0.5) is 5.82 Å². The highest BCUT2D eigenvalue weighted by Gasteiger charge is 2.25. The molecule has 0 amide bonds. The fourth-order valence-corrected chi connectivity index (χ4v) is 4.08. The maximum atomic E-state index is 13.2. The lowest BCUT2D eigenvalue weighted by molar-refractivity contribution is 0.585. The van der Waals surface area contributed by atoms with E-state index in [0.29, 0.717) is 5.82 Å². The number of hydrogen-bond acceptors (Lipinski definition) is 3. The Labute approximate surface area is 155 Å². The summed E-state index contributed by atoms with van der Waals surface area (Å²) in [6, 6.07) is 18.6. The summed E-state index contributed by atoms with van der Waals surface area (Å²) >= 11 is 0. The topological polar surface area (TPSA) is 51.1 Å². The summed E-state index contributed by atoms with van der Waals surface area (Å²) in [6.45, 7) is 7.97. The first-order valence-corrected chi connectivity index (χ1v) is 10.00. The lowest BCUT2D eigenvalue weighted by Crippen LogP contribution is -2.29. The smallest absolute Gasteiger partial charge is 0.269 e. The van der Waals surface area contributed by atoms with Crippen LogP contribution in [-0.4, -0.2) is 17.9 Å². The maximum Gasteiger partial charge on any atom is 0.269 e. The number of nitrogens with zero attached hydrogens (tertiary/aromatic N) is 1. The summed E-state index contributed by atoms with van der Waals surface area (Å²) in [4.78, 5) is 0.273. The molecule has 0 saturated carbocycles. The Morgan fingerprint density at radius 2 is 1.50 bits per heavy atom. The third kappa shape index (κ3) is 3.68. The minimum atomic E-state index is -3.69. The molecular formula is C21H24N2O2S. The van der Waals surface area contributed by atoms with E-state index < -0.39 is 10.0 Å². The fourth-order valence-electron chi connectivity index (χ4n) is 2.77. The van der Waals surface area contributed by atoms with Crippen LogP contribution in [0, 0.1) is 6.92 Å². The third-order valence-electron chi connectivity index (χ3n) is 4.01. The lowest BCUT2D eigenvalue weighted by Gasteiger charge is -2.24. The number of hydrogen-bond donors (Lipinski definition) is 1. The molecule has 1 heterocycles. The van der Waals surface area contributed by atoms with Crippen molar-refractivity contribution in [1.29, 1.82) is 0 Å². The summed E-state index contributed by atoms with van der Waals surface area (Å²) in [7, 11) is -3.69. The van der Waals surface area contributed by atoms with Gasteiger partial charge in [0.15, 0.2) is 0 Å². The molecule has 2 aromatic carbocycles. The average Bonchev–Trinajstić information content (AvgIpc) is 2.98. The molecule has 0 atom stereocenters. The van der Waals surface area contributed by atoms with Gasteiger partial charge in [-0.15, -0.1) is 0 Å². The van der Waals surface area contributed by atoms with Gasteiger partial charge in [-0.3, -0.25) is 0 Å². The van der Waals surface area contributed by atoms with E-state index in [2.05, 4.69) is 5.32 Å². The zero-order valence-electron chi connectivity index (χ0n) is 15.5. The first-order chi connectivity index (χ1) is 12.2. The van der Waals surface area contributed by atoms with Crippen molar-refractivity contribution in [3.05, 3.63) is 72.4 Å². The standard InChI is InChI=1S/C21H24N2O2S/c1-16-10-12-18(13-11-16)26(24,25)23-15-14-19(17-8-6-5-7-9-17)20(23)22-21(2,3)4/h5-15,22H,1-4H3. The van der Waals surface area contributed by atoms with Gasteiger partial charge in [0, 0.05) is 17.3 Å². The van der Waals surface area contributed by atoms with E-state index in [4.69, 9.17) is 0 Å². The van der Waals surface area contributed by atoms with Crippen molar-refractivity contribution in [1.82, 2.24) is 3.97 Å². The molecule has 1 aromatic heterocycles. The average molecular weight is 369 g/mol. The largest absolute Gasteiger partial charge is 0.366 e. The van der Waals surface area contributed by atoms with Crippen LogP contribution in [0.2, 0.25) is 0 Å². The zero-order valence-corrected chi connectivity index (χ0v) is 16.3. The van der Waals surface area contributed by atoms with Crippen molar-refractivity contribution in [3.8, 4) is 11.1 Å². The number of anilines is 1. The van der Waals surface area contributed by atoms with Crippen LogP contribution in [0.1, 0.15) is 26.3 Å². The molecule has 0 unspecified atom stereocenters. The van der Waals surface area contributed by atoms with Crippen LogP contribution in [0.3, 0.4) is 0 Å². The van der Waals surface area contributed by atoms with E-state index in [1.165, 1.54) is 3.97 Å². The van der Waals surface area contributed by atoms with Gasteiger partial charge in [0.2, 0.25) is 0 Å². The van der Waals surface area contributed by atoms with Gasteiger partial charge in [-0.05, 0) is 51.5 Å². The van der Waals surface area contributed by atoms with Crippen molar-refractivity contribution in [2.24, 2.45) is 0 Å². The number of aromatic nitrogens is 1.